The quantitative estimate of drug-likeness (QED) is 0.854. The number of nitrogens with zero attached hydrogens (tertiary/aromatic N) is 1. The van der Waals surface area contributed by atoms with Gasteiger partial charge in [0.15, 0.2) is 0 Å². The zero-order valence-corrected chi connectivity index (χ0v) is 11.5. The number of rotatable bonds is 3. The molecule has 1 heterocycles. The molecule has 1 saturated heterocycles. The van der Waals surface area contributed by atoms with Crippen LogP contribution < -0.4 is 9.64 Å². The molecule has 3 nitrogen and oxygen atoms in total. The number of benzene rings is 2. The lowest BCUT2D eigenvalue weighted by atomic mass is 9.99. The average Bonchev–Trinajstić information content (AvgIpc) is 2.90. The second-order valence-electron chi connectivity index (χ2n) is 5.01. The third-order valence-electron chi connectivity index (χ3n) is 3.78. The smallest absolute Gasteiger partial charge is 0.227 e. The number of ether oxygens (including phenoxy) is 1. The zero-order valence-electron chi connectivity index (χ0n) is 11.5. The number of hydrogen-bond acceptors (Lipinski definition) is 2. The summed E-state index contributed by atoms with van der Waals surface area (Å²) in [5.41, 5.74) is 2.17. The highest BCUT2D eigenvalue weighted by atomic mass is 16.5. The van der Waals surface area contributed by atoms with Crippen LogP contribution in [0.4, 0.5) is 5.69 Å². The van der Waals surface area contributed by atoms with Crippen LogP contribution in [0, 0.1) is 0 Å². The van der Waals surface area contributed by atoms with E-state index in [1.54, 1.807) is 7.11 Å². The molecule has 1 atom stereocenters. The van der Waals surface area contributed by atoms with E-state index < -0.39 is 0 Å². The largest absolute Gasteiger partial charge is 0.497 e. The van der Waals surface area contributed by atoms with Gasteiger partial charge in [0.25, 0.3) is 0 Å². The van der Waals surface area contributed by atoms with Gasteiger partial charge >= 0.3 is 0 Å². The number of anilines is 1. The van der Waals surface area contributed by atoms with E-state index in [1.165, 1.54) is 5.56 Å². The lowest BCUT2D eigenvalue weighted by Crippen LogP contribution is -2.24. The van der Waals surface area contributed by atoms with Gasteiger partial charge in [-0.2, -0.15) is 0 Å². The Balaban J connectivity index is 1.80. The molecule has 1 unspecified atom stereocenters. The van der Waals surface area contributed by atoms with Crippen LogP contribution in [0.1, 0.15) is 17.9 Å². The molecule has 3 rings (SSSR count). The van der Waals surface area contributed by atoms with Gasteiger partial charge in [-0.1, -0.05) is 30.3 Å². The molecule has 1 fully saturated rings. The first-order chi connectivity index (χ1) is 9.78. The first-order valence-electron chi connectivity index (χ1n) is 6.77. The molecule has 1 amide bonds. The van der Waals surface area contributed by atoms with Gasteiger partial charge in [0.2, 0.25) is 5.91 Å². The van der Waals surface area contributed by atoms with E-state index in [2.05, 4.69) is 12.1 Å². The molecule has 0 N–H and O–H groups in total. The van der Waals surface area contributed by atoms with Crippen LogP contribution in [0.2, 0.25) is 0 Å². The van der Waals surface area contributed by atoms with Crippen molar-refractivity contribution in [3.63, 3.8) is 0 Å². The summed E-state index contributed by atoms with van der Waals surface area (Å²) < 4.78 is 5.15. The molecular weight excluding hydrogens is 250 g/mol. The molecule has 20 heavy (non-hydrogen) atoms. The van der Waals surface area contributed by atoms with Crippen molar-refractivity contribution in [2.75, 3.05) is 18.6 Å². The van der Waals surface area contributed by atoms with Gasteiger partial charge < -0.3 is 9.64 Å². The van der Waals surface area contributed by atoms with Gasteiger partial charge in [-0.25, -0.2) is 0 Å². The van der Waals surface area contributed by atoms with E-state index in [-0.39, 0.29) is 11.8 Å². The summed E-state index contributed by atoms with van der Waals surface area (Å²) in [6.45, 7) is 0.745. The highest BCUT2D eigenvalue weighted by molar-refractivity contribution is 5.96. The van der Waals surface area contributed by atoms with Crippen molar-refractivity contribution >= 4 is 11.6 Å². The molecule has 0 aromatic heterocycles. The van der Waals surface area contributed by atoms with E-state index in [0.717, 1.165) is 18.0 Å². The van der Waals surface area contributed by atoms with Gasteiger partial charge in [-0.05, 0) is 29.8 Å². The zero-order chi connectivity index (χ0) is 13.9. The Kier molecular flexibility index (Phi) is 3.42. The maximum atomic E-state index is 12.2. The van der Waals surface area contributed by atoms with Gasteiger partial charge in [0.1, 0.15) is 5.75 Å². The molecule has 0 spiro atoms. The van der Waals surface area contributed by atoms with E-state index in [9.17, 15) is 4.79 Å². The predicted molar refractivity (Wildman–Crippen MR) is 79.1 cm³/mol. The monoisotopic (exact) mass is 267 g/mol. The fourth-order valence-electron chi connectivity index (χ4n) is 2.67. The lowest BCUT2D eigenvalue weighted by molar-refractivity contribution is -0.117. The summed E-state index contributed by atoms with van der Waals surface area (Å²) >= 11 is 0. The van der Waals surface area contributed by atoms with E-state index >= 15 is 0 Å². The summed E-state index contributed by atoms with van der Waals surface area (Å²) in [7, 11) is 1.64. The molecule has 1 aliphatic rings. The van der Waals surface area contributed by atoms with Crippen molar-refractivity contribution < 1.29 is 9.53 Å². The number of carbonyl (C=O) groups is 1. The van der Waals surface area contributed by atoms with Crippen LogP contribution in [0.25, 0.3) is 0 Å². The highest BCUT2D eigenvalue weighted by Gasteiger charge is 2.31. The van der Waals surface area contributed by atoms with Crippen molar-refractivity contribution in [3.05, 3.63) is 60.2 Å². The predicted octanol–water partition coefficient (Wildman–Crippen LogP) is 3.22. The minimum Gasteiger partial charge on any atom is -0.497 e. The molecule has 102 valence electrons. The van der Waals surface area contributed by atoms with Crippen LogP contribution >= 0.6 is 0 Å². The lowest BCUT2D eigenvalue weighted by Gasteiger charge is -2.17. The van der Waals surface area contributed by atoms with Gasteiger partial charge in [0, 0.05) is 24.6 Å². The Morgan fingerprint density at radius 2 is 1.75 bits per heavy atom. The van der Waals surface area contributed by atoms with Crippen LogP contribution in [0.15, 0.2) is 54.6 Å². The maximum Gasteiger partial charge on any atom is 0.227 e. The van der Waals surface area contributed by atoms with Crippen molar-refractivity contribution in [1.82, 2.24) is 0 Å². The number of methoxy groups -OCH3 is 1. The molecule has 2 aromatic rings. The van der Waals surface area contributed by atoms with Crippen molar-refractivity contribution in [3.8, 4) is 5.75 Å². The first-order valence-corrected chi connectivity index (χ1v) is 6.77. The average molecular weight is 267 g/mol. The van der Waals surface area contributed by atoms with Crippen molar-refractivity contribution in [2.24, 2.45) is 0 Å². The normalized spacial score (nSPS) is 18.4. The fraction of sp³-hybridized carbons (Fsp3) is 0.235. The third-order valence-corrected chi connectivity index (χ3v) is 3.78. The number of amides is 1. The summed E-state index contributed by atoms with van der Waals surface area (Å²) in [6.07, 6.45) is 0.579. The Labute approximate surface area is 118 Å². The SMILES string of the molecule is COc1ccc(N2CC(c3ccccc3)CC2=O)cc1. The Morgan fingerprint density at radius 3 is 2.40 bits per heavy atom. The highest BCUT2D eigenvalue weighted by Crippen LogP contribution is 2.32. The molecule has 0 bridgehead atoms. The van der Waals surface area contributed by atoms with E-state index in [4.69, 9.17) is 4.74 Å². The minimum atomic E-state index is 0.184. The van der Waals surface area contributed by atoms with E-state index in [0.29, 0.717) is 6.42 Å². The van der Waals surface area contributed by atoms with Gasteiger partial charge in [0.05, 0.1) is 7.11 Å². The molecule has 2 aromatic carbocycles. The second kappa shape index (κ2) is 5.37. The number of hydrogen-bond donors (Lipinski definition) is 0. The van der Waals surface area contributed by atoms with Crippen LogP contribution in [0.5, 0.6) is 5.75 Å². The summed E-state index contributed by atoms with van der Waals surface area (Å²) in [6, 6.07) is 17.9. The molecule has 0 radical (unpaired) electrons. The van der Waals surface area contributed by atoms with Crippen molar-refractivity contribution in [1.29, 1.82) is 0 Å². The Bertz CT molecular complexity index is 592. The first kappa shape index (κ1) is 12.7. The summed E-state index contributed by atoms with van der Waals surface area (Å²) in [4.78, 5) is 14.1. The third kappa shape index (κ3) is 2.39. The van der Waals surface area contributed by atoms with Crippen LogP contribution in [0.3, 0.4) is 0 Å². The standard InChI is InChI=1S/C17H17NO2/c1-20-16-9-7-15(8-10-16)18-12-14(11-17(18)19)13-5-3-2-4-6-13/h2-10,14H,11-12H2,1H3. The topological polar surface area (TPSA) is 29.5 Å². The molecule has 1 aliphatic heterocycles. The maximum absolute atomic E-state index is 12.2. The van der Waals surface area contributed by atoms with Crippen molar-refractivity contribution in [2.45, 2.75) is 12.3 Å². The molecule has 3 heteroatoms. The Morgan fingerprint density at radius 1 is 1.05 bits per heavy atom. The van der Waals surface area contributed by atoms with Gasteiger partial charge in [-0.3, -0.25) is 4.79 Å². The second-order valence-corrected chi connectivity index (χ2v) is 5.01. The van der Waals surface area contributed by atoms with Crippen LogP contribution in [-0.2, 0) is 4.79 Å². The summed E-state index contributed by atoms with van der Waals surface area (Å²) in [5.74, 6) is 1.27. The van der Waals surface area contributed by atoms with Crippen LogP contribution in [-0.4, -0.2) is 19.6 Å². The number of carbonyl (C=O) groups excluding carboxylic acids is 1. The molecular formula is C17H17NO2. The Hall–Kier alpha value is -2.29. The molecule has 0 aliphatic carbocycles. The molecule has 0 saturated carbocycles. The van der Waals surface area contributed by atoms with Gasteiger partial charge in [-0.15, -0.1) is 0 Å². The summed E-state index contributed by atoms with van der Waals surface area (Å²) in [5, 5.41) is 0. The van der Waals surface area contributed by atoms with E-state index in [1.807, 2.05) is 47.4 Å². The fourth-order valence-corrected chi connectivity index (χ4v) is 2.67. The minimum absolute atomic E-state index is 0.184.